The molecule has 0 aliphatic rings. The molecule has 8 heteroatoms. The number of thiophene rings is 1. The van der Waals surface area contributed by atoms with Gasteiger partial charge in [-0.25, -0.2) is 4.79 Å². The average molecular weight is 355 g/mol. The zero-order valence-electron chi connectivity index (χ0n) is 14.5. The van der Waals surface area contributed by atoms with E-state index in [9.17, 15) is 14.4 Å². The van der Waals surface area contributed by atoms with Crippen LogP contribution in [0.3, 0.4) is 0 Å². The third-order valence-electron chi connectivity index (χ3n) is 3.08. The van der Waals surface area contributed by atoms with Crippen molar-refractivity contribution in [3.8, 4) is 0 Å². The number of hydrogen-bond donors (Lipinski definition) is 3. The summed E-state index contributed by atoms with van der Waals surface area (Å²) in [5, 5.41) is 10.3. The minimum Gasteiger partial charge on any atom is -0.462 e. The van der Waals surface area contributed by atoms with E-state index in [1.807, 2.05) is 5.38 Å². The van der Waals surface area contributed by atoms with Crippen molar-refractivity contribution in [3.05, 3.63) is 16.5 Å². The molecule has 0 spiro atoms. The molecule has 7 nitrogen and oxygen atoms in total. The Labute approximate surface area is 146 Å². The van der Waals surface area contributed by atoms with E-state index in [0.29, 0.717) is 16.5 Å². The van der Waals surface area contributed by atoms with Crippen molar-refractivity contribution in [2.45, 2.75) is 27.2 Å². The van der Waals surface area contributed by atoms with Gasteiger partial charge in [-0.2, -0.15) is 0 Å². The quantitative estimate of drug-likeness (QED) is 0.582. The molecule has 1 heterocycles. The van der Waals surface area contributed by atoms with Crippen LogP contribution >= 0.6 is 11.3 Å². The van der Waals surface area contributed by atoms with Gasteiger partial charge in [0.15, 0.2) is 0 Å². The number of hydrogen-bond acceptors (Lipinski definition) is 6. The number of anilines is 1. The SMILES string of the molecule is CCOC(=O)c1c(CC(C)C)csc1NC(=O)CNCC(=O)NC. The average Bonchev–Trinajstić information content (AvgIpc) is 2.88. The van der Waals surface area contributed by atoms with E-state index in [1.165, 1.54) is 18.4 Å². The largest absolute Gasteiger partial charge is 0.462 e. The first-order chi connectivity index (χ1) is 11.4. The Balaban J connectivity index is 2.79. The molecular weight excluding hydrogens is 330 g/mol. The van der Waals surface area contributed by atoms with Crippen LogP contribution in [0.2, 0.25) is 0 Å². The first kappa shape index (κ1) is 20.1. The van der Waals surface area contributed by atoms with Gasteiger partial charge in [-0.3, -0.25) is 14.9 Å². The van der Waals surface area contributed by atoms with Gasteiger partial charge in [0.2, 0.25) is 11.8 Å². The minimum atomic E-state index is -0.428. The van der Waals surface area contributed by atoms with Crippen LogP contribution in [0.25, 0.3) is 0 Å². The van der Waals surface area contributed by atoms with Crippen LogP contribution in [-0.2, 0) is 20.7 Å². The van der Waals surface area contributed by atoms with Crippen molar-refractivity contribution in [2.75, 3.05) is 32.1 Å². The maximum Gasteiger partial charge on any atom is 0.341 e. The third kappa shape index (κ3) is 6.29. The van der Waals surface area contributed by atoms with Crippen LogP contribution in [0, 0.1) is 5.92 Å². The maximum absolute atomic E-state index is 12.2. The summed E-state index contributed by atoms with van der Waals surface area (Å²) in [5.41, 5.74) is 1.30. The molecule has 2 amide bonds. The van der Waals surface area contributed by atoms with Gasteiger partial charge in [-0.1, -0.05) is 13.8 Å². The highest BCUT2D eigenvalue weighted by molar-refractivity contribution is 7.15. The predicted octanol–water partition coefficient (Wildman–Crippen LogP) is 1.40. The first-order valence-corrected chi connectivity index (χ1v) is 8.75. The molecule has 0 aliphatic carbocycles. The topological polar surface area (TPSA) is 96.5 Å². The van der Waals surface area contributed by atoms with Crippen LogP contribution in [0.5, 0.6) is 0 Å². The molecule has 1 rings (SSSR count). The molecule has 0 unspecified atom stereocenters. The molecule has 0 saturated heterocycles. The van der Waals surface area contributed by atoms with Gasteiger partial charge in [-0.05, 0) is 30.2 Å². The second-order valence-electron chi connectivity index (χ2n) is 5.61. The fourth-order valence-corrected chi connectivity index (χ4v) is 3.03. The van der Waals surface area contributed by atoms with E-state index in [0.717, 1.165) is 12.0 Å². The molecule has 3 N–H and O–H groups in total. The highest BCUT2D eigenvalue weighted by atomic mass is 32.1. The molecule has 0 saturated carbocycles. The number of likely N-dealkylation sites (N-methyl/N-ethyl adjacent to an activating group) is 1. The van der Waals surface area contributed by atoms with E-state index in [2.05, 4.69) is 29.8 Å². The summed E-state index contributed by atoms with van der Waals surface area (Å²) in [6, 6.07) is 0. The van der Waals surface area contributed by atoms with Crippen LogP contribution in [0.15, 0.2) is 5.38 Å². The van der Waals surface area contributed by atoms with E-state index >= 15 is 0 Å². The van der Waals surface area contributed by atoms with E-state index in [-0.39, 0.29) is 31.5 Å². The molecule has 1 aromatic rings. The molecule has 134 valence electrons. The number of carbonyl (C=O) groups excluding carboxylic acids is 3. The van der Waals surface area contributed by atoms with Crippen molar-refractivity contribution in [1.29, 1.82) is 0 Å². The Morgan fingerprint density at radius 3 is 2.46 bits per heavy atom. The number of rotatable bonds is 9. The van der Waals surface area contributed by atoms with Crippen LogP contribution in [-0.4, -0.2) is 44.5 Å². The van der Waals surface area contributed by atoms with Crippen molar-refractivity contribution in [3.63, 3.8) is 0 Å². The van der Waals surface area contributed by atoms with E-state index in [1.54, 1.807) is 6.92 Å². The minimum absolute atomic E-state index is 0.0207. The van der Waals surface area contributed by atoms with Gasteiger partial charge >= 0.3 is 5.97 Å². The fraction of sp³-hybridized carbons (Fsp3) is 0.562. The highest BCUT2D eigenvalue weighted by Crippen LogP contribution is 2.30. The lowest BCUT2D eigenvalue weighted by Crippen LogP contribution is -2.36. The Bertz CT molecular complexity index is 584. The Kier molecular flexibility index (Phi) is 8.42. The molecule has 0 aromatic carbocycles. The maximum atomic E-state index is 12.2. The first-order valence-electron chi connectivity index (χ1n) is 7.87. The van der Waals surface area contributed by atoms with Gasteiger partial charge in [0, 0.05) is 7.05 Å². The second kappa shape index (κ2) is 10.0. The Morgan fingerprint density at radius 1 is 1.21 bits per heavy atom. The monoisotopic (exact) mass is 355 g/mol. The fourth-order valence-electron chi connectivity index (χ4n) is 2.05. The summed E-state index contributed by atoms with van der Waals surface area (Å²) >= 11 is 1.31. The molecule has 0 fully saturated rings. The molecule has 0 aliphatic heterocycles. The van der Waals surface area contributed by atoms with Crippen molar-refractivity contribution in [2.24, 2.45) is 5.92 Å². The van der Waals surface area contributed by atoms with Gasteiger partial charge in [-0.15, -0.1) is 11.3 Å². The molecular formula is C16H25N3O4S. The van der Waals surface area contributed by atoms with Gasteiger partial charge in [0.25, 0.3) is 0 Å². The standard InChI is InChI=1S/C16H25N3O4S/c1-5-23-16(22)14-11(6-10(2)3)9-24-15(14)19-13(21)8-18-7-12(20)17-4/h9-10,18H,5-8H2,1-4H3,(H,17,20)(H,19,21). The lowest BCUT2D eigenvalue weighted by atomic mass is 10.0. The lowest BCUT2D eigenvalue weighted by molar-refractivity contribution is -0.120. The summed E-state index contributed by atoms with van der Waals surface area (Å²) in [6.45, 7) is 6.18. The number of amides is 2. The molecule has 1 aromatic heterocycles. The lowest BCUT2D eigenvalue weighted by Gasteiger charge is -2.10. The molecule has 0 bridgehead atoms. The predicted molar refractivity (Wildman–Crippen MR) is 94.4 cm³/mol. The molecule has 0 radical (unpaired) electrons. The number of ether oxygens (including phenoxy) is 1. The number of carbonyl (C=O) groups is 3. The zero-order chi connectivity index (χ0) is 18.1. The Morgan fingerprint density at radius 2 is 1.88 bits per heavy atom. The van der Waals surface area contributed by atoms with Gasteiger partial charge < -0.3 is 15.4 Å². The summed E-state index contributed by atoms with van der Waals surface area (Å²) in [7, 11) is 1.53. The third-order valence-corrected chi connectivity index (χ3v) is 4.02. The summed E-state index contributed by atoms with van der Waals surface area (Å²) in [6.07, 6.45) is 0.732. The van der Waals surface area contributed by atoms with Crippen LogP contribution in [0.1, 0.15) is 36.7 Å². The van der Waals surface area contributed by atoms with Gasteiger partial charge in [0.1, 0.15) is 5.00 Å². The van der Waals surface area contributed by atoms with Crippen molar-refractivity contribution >= 4 is 34.1 Å². The Hall–Kier alpha value is -1.93. The number of nitrogens with one attached hydrogen (secondary N) is 3. The highest BCUT2D eigenvalue weighted by Gasteiger charge is 2.22. The van der Waals surface area contributed by atoms with Crippen molar-refractivity contribution < 1.29 is 19.1 Å². The summed E-state index contributed by atoms with van der Waals surface area (Å²) < 4.78 is 5.11. The number of esters is 1. The van der Waals surface area contributed by atoms with Crippen molar-refractivity contribution in [1.82, 2.24) is 10.6 Å². The van der Waals surface area contributed by atoms with E-state index < -0.39 is 5.97 Å². The molecule has 0 atom stereocenters. The zero-order valence-corrected chi connectivity index (χ0v) is 15.3. The smallest absolute Gasteiger partial charge is 0.341 e. The normalized spacial score (nSPS) is 10.5. The molecule has 24 heavy (non-hydrogen) atoms. The van der Waals surface area contributed by atoms with E-state index in [4.69, 9.17) is 4.74 Å². The summed E-state index contributed by atoms with van der Waals surface area (Å²) in [4.78, 5) is 35.3. The van der Waals surface area contributed by atoms with Crippen LogP contribution < -0.4 is 16.0 Å². The van der Waals surface area contributed by atoms with Gasteiger partial charge in [0.05, 0.1) is 25.3 Å². The van der Waals surface area contributed by atoms with Crippen LogP contribution in [0.4, 0.5) is 5.00 Å². The second-order valence-corrected chi connectivity index (χ2v) is 6.49. The summed E-state index contributed by atoms with van der Waals surface area (Å²) in [5.74, 6) is -0.568.